The molecule has 0 bridgehead atoms. The number of rotatable bonds is 9. The molecule has 0 amide bonds. The molecule has 124 valence electrons. The molecule has 4 heteroatoms. The Kier molecular flexibility index (Phi) is 7.96. The van der Waals surface area contributed by atoms with E-state index in [-0.39, 0.29) is 23.9 Å². The maximum Gasteiger partial charge on any atom is 0.335 e. The minimum absolute atomic E-state index is 0.00297. The van der Waals surface area contributed by atoms with Crippen molar-refractivity contribution in [1.82, 2.24) is 0 Å². The molecule has 0 spiro atoms. The van der Waals surface area contributed by atoms with Gasteiger partial charge in [-0.2, -0.15) is 0 Å². The maximum atomic E-state index is 12.3. The maximum absolute atomic E-state index is 12.3. The van der Waals surface area contributed by atoms with Crippen molar-refractivity contribution < 1.29 is 19.4 Å². The first-order chi connectivity index (χ1) is 10.5. The fourth-order valence-electron chi connectivity index (χ4n) is 2.20. The lowest BCUT2D eigenvalue weighted by atomic mass is 10.1. The summed E-state index contributed by atoms with van der Waals surface area (Å²) in [6, 6.07) is 6.89. The molecule has 0 aliphatic rings. The van der Waals surface area contributed by atoms with Gasteiger partial charge in [-0.1, -0.05) is 32.4 Å². The van der Waals surface area contributed by atoms with Crippen LogP contribution in [0, 0.1) is 0 Å². The Morgan fingerprint density at radius 3 is 2.55 bits per heavy atom. The van der Waals surface area contributed by atoms with Gasteiger partial charge in [0.2, 0.25) is 0 Å². The summed E-state index contributed by atoms with van der Waals surface area (Å²) in [4.78, 5) is 12.3. The van der Waals surface area contributed by atoms with Crippen LogP contribution in [-0.4, -0.2) is 29.4 Å². The predicted molar refractivity (Wildman–Crippen MR) is 86.9 cm³/mol. The third-order valence-electron chi connectivity index (χ3n) is 3.58. The van der Waals surface area contributed by atoms with Gasteiger partial charge in [0.05, 0.1) is 12.2 Å². The smallest absolute Gasteiger partial charge is 0.335 e. The Morgan fingerprint density at radius 1 is 1.23 bits per heavy atom. The van der Waals surface area contributed by atoms with E-state index in [1.165, 1.54) is 0 Å². The van der Waals surface area contributed by atoms with Gasteiger partial charge in [0.25, 0.3) is 0 Å². The lowest BCUT2D eigenvalue weighted by Crippen LogP contribution is -2.34. The van der Waals surface area contributed by atoms with Crippen LogP contribution in [0.5, 0.6) is 5.75 Å². The molecule has 0 saturated carbocycles. The molecular formula is C18H28O4. The standard InChI is InChI=1S/C18H28O4/c1-5-8-14(4)21-17(18(20)22-13(3)6-2)12-15-9-7-10-16(19)11-15/h7,9-11,13-14,17,19H,5-6,8,12H2,1-4H3. The molecule has 0 aliphatic carbocycles. The van der Waals surface area contributed by atoms with E-state index in [1.54, 1.807) is 18.2 Å². The molecular weight excluding hydrogens is 280 g/mol. The summed E-state index contributed by atoms with van der Waals surface area (Å²) in [7, 11) is 0. The van der Waals surface area contributed by atoms with E-state index in [2.05, 4.69) is 6.92 Å². The average Bonchev–Trinajstić information content (AvgIpc) is 2.46. The molecule has 22 heavy (non-hydrogen) atoms. The Labute approximate surface area is 133 Å². The van der Waals surface area contributed by atoms with E-state index >= 15 is 0 Å². The van der Waals surface area contributed by atoms with Gasteiger partial charge < -0.3 is 14.6 Å². The first-order valence-corrected chi connectivity index (χ1v) is 8.10. The SMILES string of the molecule is CCCC(C)OC(Cc1cccc(O)c1)C(=O)OC(C)CC. The Hall–Kier alpha value is -1.55. The predicted octanol–water partition coefficient (Wildman–Crippen LogP) is 3.85. The van der Waals surface area contributed by atoms with Gasteiger partial charge in [-0.05, 0) is 44.4 Å². The Balaban J connectivity index is 2.78. The van der Waals surface area contributed by atoms with Crippen LogP contribution in [0.1, 0.15) is 52.5 Å². The monoisotopic (exact) mass is 308 g/mol. The van der Waals surface area contributed by atoms with Crippen molar-refractivity contribution in [2.24, 2.45) is 0 Å². The number of hydrogen-bond acceptors (Lipinski definition) is 4. The fraction of sp³-hybridized carbons (Fsp3) is 0.611. The molecule has 1 aromatic carbocycles. The molecule has 0 aromatic heterocycles. The van der Waals surface area contributed by atoms with Crippen LogP contribution >= 0.6 is 0 Å². The number of ether oxygens (including phenoxy) is 2. The third kappa shape index (κ3) is 6.48. The molecule has 1 N–H and O–H groups in total. The first kappa shape index (κ1) is 18.5. The molecule has 3 unspecified atom stereocenters. The van der Waals surface area contributed by atoms with Crippen molar-refractivity contribution in [3.63, 3.8) is 0 Å². The highest BCUT2D eigenvalue weighted by atomic mass is 16.6. The second-order valence-electron chi connectivity index (χ2n) is 5.75. The Bertz CT molecular complexity index is 458. The quantitative estimate of drug-likeness (QED) is 0.704. The average molecular weight is 308 g/mol. The van der Waals surface area contributed by atoms with E-state index in [9.17, 15) is 9.90 Å². The van der Waals surface area contributed by atoms with Crippen LogP contribution in [0.3, 0.4) is 0 Å². The molecule has 1 rings (SSSR count). The summed E-state index contributed by atoms with van der Waals surface area (Å²) in [5.41, 5.74) is 0.856. The molecule has 0 saturated heterocycles. The van der Waals surface area contributed by atoms with Crippen molar-refractivity contribution in [3.05, 3.63) is 29.8 Å². The number of hydrogen-bond donors (Lipinski definition) is 1. The van der Waals surface area contributed by atoms with Crippen molar-refractivity contribution in [2.45, 2.75) is 71.7 Å². The topological polar surface area (TPSA) is 55.8 Å². The number of esters is 1. The van der Waals surface area contributed by atoms with Crippen LogP contribution in [-0.2, 0) is 20.7 Å². The van der Waals surface area contributed by atoms with Gasteiger partial charge >= 0.3 is 5.97 Å². The lowest BCUT2D eigenvalue weighted by Gasteiger charge is -2.23. The van der Waals surface area contributed by atoms with Crippen LogP contribution < -0.4 is 0 Å². The molecule has 4 nitrogen and oxygen atoms in total. The molecule has 3 atom stereocenters. The number of benzene rings is 1. The third-order valence-corrected chi connectivity index (χ3v) is 3.58. The van der Waals surface area contributed by atoms with E-state index in [1.807, 2.05) is 26.8 Å². The van der Waals surface area contributed by atoms with Crippen LogP contribution in [0.15, 0.2) is 24.3 Å². The summed E-state index contributed by atoms with van der Waals surface area (Å²) in [6.45, 7) is 7.90. The zero-order valence-electron chi connectivity index (χ0n) is 14.0. The Morgan fingerprint density at radius 2 is 1.95 bits per heavy atom. The minimum Gasteiger partial charge on any atom is -0.508 e. The van der Waals surface area contributed by atoms with Crippen LogP contribution in [0.2, 0.25) is 0 Å². The van der Waals surface area contributed by atoms with Crippen molar-refractivity contribution in [3.8, 4) is 5.75 Å². The van der Waals surface area contributed by atoms with Crippen LogP contribution in [0.4, 0.5) is 0 Å². The minimum atomic E-state index is -0.641. The number of aromatic hydroxyl groups is 1. The van der Waals surface area contributed by atoms with Gasteiger partial charge in [-0.3, -0.25) is 0 Å². The van der Waals surface area contributed by atoms with Crippen molar-refractivity contribution >= 4 is 5.97 Å². The number of carbonyl (C=O) groups excluding carboxylic acids is 1. The first-order valence-electron chi connectivity index (χ1n) is 8.10. The molecule has 0 radical (unpaired) electrons. The number of phenols is 1. The summed E-state index contributed by atoms with van der Waals surface area (Å²) in [5.74, 6) is -0.145. The summed E-state index contributed by atoms with van der Waals surface area (Å²) >= 11 is 0. The van der Waals surface area contributed by atoms with Crippen molar-refractivity contribution in [2.75, 3.05) is 0 Å². The van der Waals surface area contributed by atoms with Gasteiger partial charge in [0.1, 0.15) is 5.75 Å². The van der Waals surface area contributed by atoms with E-state index in [0.717, 1.165) is 24.8 Å². The summed E-state index contributed by atoms with van der Waals surface area (Å²) in [6.07, 6.45) is 2.30. The highest BCUT2D eigenvalue weighted by Crippen LogP contribution is 2.17. The van der Waals surface area contributed by atoms with E-state index < -0.39 is 6.10 Å². The van der Waals surface area contributed by atoms with Gasteiger partial charge in [-0.25, -0.2) is 4.79 Å². The molecule has 0 fully saturated rings. The number of phenolic OH excluding ortho intramolecular Hbond substituents is 1. The zero-order valence-corrected chi connectivity index (χ0v) is 14.0. The molecule has 0 aliphatic heterocycles. The zero-order chi connectivity index (χ0) is 16.5. The molecule has 0 heterocycles. The lowest BCUT2D eigenvalue weighted by molar-refractivity contribution is -0.165. The fourth-order valence-corrected chi connectivity index (χ4v) is 2.20. The normalized spacial score (nSPS) is 15.1. The second-order valence-corrected chi connectivity index (χ2v) is 5.75. The van der Waals surface area contributed by atoms with Gasteiger partial charge in [0.15, 0.2) is 6.10 Å². The van der Waals surface area contributed by atoms with Crippen LogP contribution in [0.25, 0.3) is 0 Å². The summed E-state index contributed by atoms with van der Waals surface area (Å²) in [5, 5.41) is 9.56. The highest BCUT2D eigenvalue weighted by Gasteiger charge is 2.25. The number of carbonyl (C=O) groups is 1. The summed E-state index contributed by atoms with van der Waals surface area (Å²) < 4.78 is 11.3. The van der Waals surface area contributed by atoms with Gasteiger partial charge in [-0.15, -0.1) is 0 Å². The molecule has 1 aromatic rings. The van der Waals surface area contributed by atoms with Crippen molar-refractivity contribution in [1.29, 1.82) is 0 Å². The highest BCUT2D eigenvalue weighted by molar-refractivity contribution is 5.75. The largest absolute Gasteiger partial charge is 0.508 e. The van der Waals surface area contributed by atoms with Gasteiger partial charge in [0, 0.05) is 6.42 Å². The second kappa shape index (κ2) is 9.46. The van der Waals surface area contributed by atoms with E-state index in [0.29, 0.717) is 6.42 Å². The van der Waals surface area contributed by atoms with E-state index in [4.69, 9.17) is 9.47 Å².